The molecule has 1 aliphatic rings. The van der Waals surface area contributed by atoms with Crippen LogP contribution < -0.4 is 10.1 Å². The Balaban J connectivity index is 1.79. The van der Waals surface area contributed by atoms with E-state index in [1.165, 1.54) is 36.8 Å². The van der Waals surface area contributed by atoms with Gasteiger partial charge in [0, 0.05) is 6.04 Å². The zero-order valence-corrected chi connectivity index (χ0v) is 15.7. The van der Waals surface area contributed by atoms with Gasteiger partial charge in [0.25, 0.3) is 0 Å². The monoisotopic (exact) mass is 337 g/mol. The van der Waals surface area contributed by atoms with Gasteiger partial charge in [0.15, 0.2) is 0 Å². The molecule has 134 valence electrons. The molecule has 0 saturated heterocycles. The molecule has 25 heavy (non-hydrogen) atoms. The van der Waals surface area contributed by atoms with Crippen LogP contribution in [0.2, 0.25) is 0 Å². The molecule has 2 aromatic rings. The molecule has 0 radical (unpaired) electrons. The van der Waals surface area contributed by atoms with Crippen molar-refractivity contribution in [2.45, 2.75) is 64.6 Å². The number of benzene rings is 2. The molecule has 1 fully saturated rings. The summed E-state index contributed by atoms with van der Waals surface area (Å²) in [4.78, 5) is 0. The van der Waals surface area contributed by atoms with E-state index in [1.54, 1.807) is 0 Å². The van der Waals surface area contributed by atoms with E-state index < -0.39 is 0 Å². The zero-order valence-electron chi connectivity index (χ0n) is 15.7. The minimum absolute atomic E-state index is 0.207. The summed E-state index contributed by atoms with van der Waals surface area (Å²) >= 11 is 0. The van der Waals surface area contributed by atoms with Crippen molar-refractivity contribution < 1.29 is 4.74 Å². The third-order valence-corrected chi connectivity index (χ3v) is 5.14. The summed E-state index contributed by atoms with van der Waals surface area (Å²) in [7, 11) is 0. The molecule has 1 aliphatic carbocycles. The Bertz CT molecular complexity index is 627. The van der Waals surface area contributed by atoms with Crippen molar-refractivity contribution in [3.05, 3.63) is 65.7 Å². The van der Waals surface area contributed by atoms with Crippen molar-refractivity contribution >= 4 is 0 Å². The van der Waals surface area contributed by atoms with Crippen molar-refractivity contribution in [3.8, 4) is 5.75 Å². The normalized spacial score (nSPS) is 21.9. The van der Waals surface area contributed by atoms with Gasteiger partial charge in [-0.05, 0) is 68.7 Å². The minimum Gasteiger partial charge on any atom is -0.491 e. The average Bonchev–Trinajstić information content (AvgIpc) is 2.62. The molecule has 0 amide bonds. The number of hydrogen-bond donors (Lipinski definition) is 1. The van der Waals surface area contributed by atoms with Crippen LogP contribution in [0.4, 0.5) is 0 Å². The van der Waals surface area contributed by atoms with Crippen molar-refractivity contribution in [1.82, 2.24) is 5.32 Å². The maximum absolute atomic E-state index is 5.80. The van der Waals surface area contributed by atoms with Gasteiger partial charge in [-0.25, -0.2) is 0 Å². The number of ether oxygens (including phenoxy) is 1. The van der Waals surface area contributed by atoms with Gasteiger partial charge in [0.1, 0.15) is 5.75 Å². The van der Waals surface area contributed by atoms with Crippen molar-refractivity contribution in [1.29, 1.82) is 0 Å². The third kappa shape index (κ3) is 5.09. The quantitative estimate of drug-likeness (QED) is 0.726. The van der Waals surface area contributed by atoms with E-state index in [9.17, 15) is 0 Å². The van der Waals surface area contributed by atoms with E-state index in [0.29, 0.717) is 6.04 Å². The summed E-state index contributed by atoms with van der Waals surface area (Å²) in [6.07, 6.45) is 5.43. The Labute approximate surface area is 152 Å². The van der Waals surface area contributed by atoms with Crippen LogP contribution in [-0.4, -0.2) is 12.1 Å². The molecule has 1 atom stereocenters. The smallest absolute Gasteiger partial charge is 0.119 e. The van der Waals surface area contributed by atoms with E-state index in [1.807, 2.05) is 0 Å². The lowest BCUT2D eigenvalue weighted by Gasteiger charge is -2.31. The Morgan fingerprint density at radius 2 is 1.44 bits per heavy atom. The molecule has 0 spiro atoms. The molecule has 0 heterocycles. The molecule has 2 heteroatoms. The molecular formula is C23H31NO. The lowest BCUT2D eigenvalue weighted by Crippen LogP contribution is -2.36. The molecule has 0 aliphatic heterocycles. The zero-order chi connectivity index (χ0) is 17.6. The molecule has 3 rings (SSSR count). The molecule has 1 saturated carbocycles. The van der Waals surface area contributed by atoms with Gasteiger partial charge >= 0.3 is 0 Å². The SMILES string of the molecule is CC1CCC(NC(c2ccccc2)c2ccc(OC(C)C)cc2)CC1. The first-order valence-electron chi connectivity index (χ1n) is 9.69. The van der Waals surface area contributed by atoms with Crippen LogP contribution in [0.5, 0.6) is 5.75 Å². The molecule has 0 aromatic heterocycles. The molecule has 0 bridgehead atoms. The largest absolute Gasteiger partial charge is 0.491 e. The van der Waals surface area contributed by atoms with Gasteiger partial charge in [0.05, 0.1) is 12.1 Å². The van der Waals surface area contributed by atoms with Crippen LogP contribution >= 0.6 is 0 Å². The Morgan fingerprint density at radius 1 is 0.840 bits per heavy atom. The summed E-state index contributed by atoms with van der Waals surface area (Å²) in [5, 5.41) is 3.93. The maximum atomic E-state index is 5.80. The van der Waals surface area contributed by atoms with Crippen LogP contribution in [0, 0.1) is 5.92 Å². The highest BCUT2D eigenvalue weighted by molar-refractivity contribution is 5.35. The molecule has 2 nitrogen and oxygen atoms in total. The molecule has 1 unspecified atom stereocenters. The topological polar surface area (TPSA) is 21.3 Å². The lowest BCUT2D eigenvalue weighted by molar-refractivity contribution is 0.242. The van der Waals surface area contributed by atoms with Gasteiger partial charge in [-0.3, -0.25) is 0 Å². The molecule has 2 aromatic carbocycles. The lowest BCUT2D eigenvalue weighted by atomic mass is 9.86. The van der Waals surface area contributed by atoms with E-state index in [4.69, 9.17) is 4.74 Å². The van der Waals surface area contributed by atoms with Gasteiger partial charge in [0.2, 0.25) is 0 Å². The first kappa shape index (κ1) is 18.0. The Morgan fingerprint density at radius 3 is 2.04 bits per heavy atom. The summed E-state index contributed by atoms with van der Waals surface area (Å²) < 4.78 is 5.80. The van der Waals surface area contributed by atoms with Crippen molar-refractivity contribution in [2.75, 3.05) is 0 Å². The van der Waals surface area contributed by atoms with Crippen LogP contribution in [0.3, 0.4) is 0 Å². The van der Waals surface area contributed by atoms with Crippen LogP contribution in [0.15, 0.2) is 54.6 Å². The average molecular weight is 338 g/mol. The Hall–Kier alpha value is -1.80. The van der Waals surface area contributed by atoms with E-state index in [2.05, 4.69) is 80.7 Å². The number of hydrogen-bond acceptors (Lipinski definition) is 2. The van der Waals surface area contributed by atoms with Crippen LogP contribution in [-0.2, 0) is 0 Å². The van der Waals surface area contributed by atoms with Crippen LogP contribution in [0.25, 0.3) is 0 Å². The summed E-state index contributed by atoms with van der Waals surface area (Å²) in [5.41, 5.74) is 2.64. The summed E-state index contributed by atoms with van der Waals surface area (Å²) in [6.45, 7) is 6.50. The van der Waals surface area contributed by atoms with Gasteiger partial charge in [-0.2, -0.15) is 0 Å². The fourth-order valence-electron chi connectivity index (χ4n) is 3.70. The van der Waals surface area contributed by atoms with E-state index in [-0.39, 0.29) is 12.1 Å². The highest BCUT2D eigenvalue weighted by atomic mass is 16.5. The number of rotatable bonds is 6. The highest BCUT2D eigenvalue weighted by Gasteiger charge is 2.23. The second kappa shape index (κ2) is 8.53. The standard InChI is InChI=1S/C23H31NO/c1-17(2)25-22-15-11-20(12-16-22)23(19-7-5-4-6-8-19)24-21-13-9-18(3)10-14-21/h4-8,11-12,15-18,21,23-24H,9-10,13-14H2,1-3H3. The predicted octanol–water partition coefficient (Wildman–Crippen LogP) is 5.73. The first-order chi connectivity index (χ1) is 12.1. The minimum atomic E-state index is 0.207. The first-order valence-corrected chi connectivity index (χ1v) is 9.69. The van der Waals surface area contributed by atoms with Gasteiger partial charge in [-0.15, -0.1) is 0 Å². The summed E-state index contributed by atoms with van der Waals surface area (Å²) in [5.74, 6) is 1.82. The van der Waals surface area contributed by atoms with E-state index in [0.717, 1.165) is 11.7 Å². The second-order valence-corrected chi connectivity index (χ2v) is 7.70. The third-order valence-electron chi connectivity index (χ3n) is 5.14. The second-order valence-electron chi connectivity index (χ2n) is 7.70. The van der Waals surface area contributed by atoms with Crippen molar-refractivity contribution in [2.24, 2.45) is 5.92 Å². The van der Waals surface area contributed by atoms with Crippen LogP contribution in [0.1, 0.15) is 63.6 Å². The van der Waals surface area contributed by atoms with Crippen molar-refractivity contribution in [3.63, 3.8) is 0 Å². The predicted molar refractivity (Wildman–Crippen MR) is 105 cm³/mol. The number of nitrogens with one attached hydrogen (secondary N) is 1. The highest BCUT2D eigenvalue weighted by Crippen LogP contribution is 2.29. The maximum Gasteiger partial charge on any atom is 0.119 e. The summed E-state index contributed by atoms with van der Waals surface area (Å²) in [6, 6.07) is 20.2. The van der Waals surface area contributed by atoms with Gasteiger partial charge < -0.3 is 10.1 Å². The molecular weight excluding hydrogens is 306 g/mol. The fraction of sp³-hybridized carbons (Fsp3) is 0.478. The molecule has 1 N–H and O–H groups in total. The van der Waals surface area contributed by atoms with E-state index >= 15 is 0 Å². The Kier molecular flexibility index (Phi) is 6.14. The fourth-order valence-corrected chi connectivity index (χ4v) is 3.70. The van der Waals surface area contributed by atoms with Gasteiger partial charge in [-0.1, -0.05) is 49.4 Å².